The standard InChI is InChI=1S/C10H11BrN2/c1-6(2)8-4-12-9-5-13-10(11)3-7(8)9/h3-6,12H,1-2H3. The molecule has 0 aromatic carbocycles. The van der Waals surface area contributed by atoms with E-state index in [0.29, 0.717) is 5.92 Å². The Bertz CT molecular complexity index is 431. The summed E-state index contributed by atoms with van der Waals surface area (Å²) >= 11 is 3.38. The molecular formula is C10H11BrN2. The zero-order valence-electron chi connectivity index (χ0n) is 7.63. The predicted octanol–water partition coefficient (Wildman–Crippen LogP) is 3.45. The minimum Gasteiger partial charge on any atom is -0.360 e. The normalized spacial score (nSPS) is 11.4. The molecule has 0 amide bonds. The highest BCUT2D eigenvalue weighted by Gasteiger charge is 2.07. The molecule has 1 N–H and O–H groups in total. The Hall–Kier alpha value is -0.830. The number of H-pyrrole nitrogens is 1. The monoisotopic (exact) mass is 238 g/mol. The van der Waals surface area contributed by atoms with Crippen LogP contribution < -0.4 is 0 Å². The smallest absolute Gasteiger partial charge is 0.106 e. The van der Waals surface area contributed by atoms with E-state index >= 15 is 0 Å². The van der Waals surface area contributed by atoms with Crippen LogP contribution in [-0.4, -0.2) is 9.97 Å². The zero-order chi connectivity index (χ0) is 9.42. The van der Waals surface area contributed by atoms with Crippen LogP contribution >= 0.6 is 15.9 Å². The summed E-state index contributed by atoms with van der Waals surface area (Å²) in [6, 6.07) is 2.06. The summed E-state index contributed by atoms with van der Waals surface area (Å²) in [6.07, 6.45) is 3.91. The molecule has 0 saturated heterocycles. The number of hydrogen-bond acceptors (Lipinski definition) is 1. The van der Waals surface area contributed by atoms with Crippen LogP contribution in [0.5, 0.6) is 0 Å². The van der Waals surface area contributed by atoms with Crippen LogP contribution in [0.1, 0.15) is 25.3 Å². The highest BCUT2D eigenvalue weighted by Crippen LogP contribution is 2.26. The molecule has 13 heavy (non-hydrogen) atoms. The first-order chi connectivity index (χ1) is 6.18. The Balaban J connectivity index is 2.71. The molecule has 2 aromatic heterocycles. The Morgan fingerprint density at radius 3 is 2.92 bits per heavy atom. The summed E-state index contributed by atoms with van der Waals surface area (Å²) in [7, 11) is 0. The number of aromatic nitrogens is 2. The molecule has 0 atom stereocenters. The largest absolute Gasteiger partial charge is 0.360 e. The van der Waals surface area contributed by atoms with Gasteiger partial charge in [-0.25, -0.2) is 4.98 Å². The van der Waals surface area contributed by atoms with E-state index < -0.39 is 0 Å². The third-order valence-electron chi connectivity index (χ3n) is 2.19. The molecule has 0 aliphatic rings. The third kappa shape index (κ3) is 1.48. The zero-order valence-corrected chi connectivity index (χ0v) is 9.22. The van der Waals surface area contributed by atoms with Crippen LogP contribution in [-0.2, 0) is 0 Å². The fourth-order valence-corrected chi connectivity index (χ4v) is 1.83. The van der Waals surface area contributed by atoms with Gasteiger partial charge in [0, 0.05) is 11.6 Å². The van der Waals surface area contributed by atoms with Gasteiger partial charge in [-0.05, 0) is 33.5 Å². The fraction of sp³-hybridized carbons (Fsp3) is 0.300. The molecule has 3 heteroatoms. The summed E-state index contributed by atoms with van der Waals surface area (Å²) in [5.74, 6) is 0.544. The molecule has 0 aliphatic heterocycles. The summed E-state index contributed by atoms with van der Waals surface area (Å²) in [5.41, 5.74) is 2.45. The molecule has 2 nitrogen and oxygen atoms in total. The van der Waals surface area contributed by atoms with E-state index in [1.54, 1.807) is 0 Å². The number of nitrogens with one attached hydrogen (secondary N) is 1. The molecule has 2 aromatic rings. The van der Waals surface area contributed by atoms with E-state index in [-0.39, 0.29) is 0 Å². The van der Waals surface area contributed by atoms with E-state index in [2.05, 4.69) is 52.0 Å². The van der Waals surface area contributed by atoms with Crippen molar-refractivity contribution >= 4 is 26.8 Å². The van der Waals surface area contributed by atoms with Crippen molar-refractivity contribution in [2.24, 2.45) is 0 Å². The quantitative estimate of drug-likeness (QED) is 0.758. The van der Waals surface area contributed by atoms with Crippen molar-refractivity contribution in [1.29, 1.82) is 0 Å². The first-order valence-corrected chi connectivity index (χ1v) is 5.10. The first-order valence-electron chi connectivity index (χ1n) is 4.31. The van der Waals surface area contributed by atoms with Crippen LogP contribution in [0.3, 0.4) is 0 Å². The van der Waals surface area contributed by atoms with E-state index in [0.717, 1.165) is 10.1 Å². The SMILES string of the molecule is CC(C)c1c[nH]c2cnc(Br)cc12. The number of halogens is 1. The molecule has 0 unspecified atom stereocenters. The van der Waals surface area contributed by atoms with E-state index in [9.17, 15) is 0 Å². The van der Waals surface area contributed by atoms with Crippen molar-refractivity contribution in [2.75, 3.05) is 0 Å². The summed E-state index contributed by atoms with van der Waals surface area (Å²) < 4.78 is 0.890. The Morgan fingerprint density at radius 2 is 2.23 bits per heavy atom. The van der Waals surface area contributed by atoms with Gasteiger partial charge in [0.05, 0.1) is 11.7 Å². The number of nitrogens with zero attached hydrogens (tertiary/aromatic N) is 1. The van der Waals surface area contributed by atoms with Gasteiger partial charge in [-0.15, -0.1) is 0 Å². The minimum absolute atomic E-state index is 0.544. The van der Waals surface area contributed by atoms with Crippen molar-refractivity contribution in [2.45, 2.75) is 19.8 Å². The fourth-order valence-electron chi connectivity index (χ4n) is 1.49. The van der Waals surface area contributed by atoms with Gasteiger partial charge in [-0.3, -0.25) is 0 Å². The highest BCUT2D eigenvalue weighted by molar-refractivity contribution is 9.10. The Morgan fingerprint density at radius 1 is 1.46 bits per heavy atom. The van der Waals surface area contributed by atoms with Gasteiger partial charge in [-0.2, -0.15) is 0 Å². The van der Waals surface area contributed by atoms with Gasteiger partial charge in [0.25, 0.3) is 0 Å². The lowest BCUT2D eigenvalue weighted by atomic mass is 10.0. The topological polar surface area (TPSA) is 28.7 Å². The number of hydrogen-bond donors (Lipinski definition) is 1. The van der Waals surface area contributed by atoms with E-state index in [1.807, 2.05) is 6.20 Å². The van der Waals surface area contributed by atoms with Crippen LogP contribution in [0.15, 0.2) is 23.1 Å². The van der Waals surface area contributed by atoms with Gasteiger partial charge in [0.15, 0.2) is 0 Å². The average Bonchev–Trinajstić information content (AvgIpc) is 2.46. The van der Waals surface area contributed by atoms with Crippen LogP contribution in [0, 0.1) is 0 Å². The third-order valence-corrected chi connectivity index (χ3v) is 2.62. The van der Waals surface area contributed by atoms with Crippen molar-refractivity contribution in [3.05, 3.63) is 28.6 Å². The van der Waals surface area contributed by atoms with Crippen LogP contribution in [0.2, 0.25) is 0 Å². The summed E-state index contributed by atoms with van der Waals surface area (Å²) in [4.78, 5) is 7.38. The van der Waals surface area contributed by atoms with Crippen molar-refractivity contribution in [3.8, 4) is 0 Å². The van der Waals surface area contributed by atoms with Crippen LogP contribution in [0.4, 0.5) is 0 Å². The second-order valence-electron chi connectivity index (χ2n) is 3.45. The van der Waals surface area contributed by atoms with E-state index in [1.165, 1.54) is 10.9 Å². The summed E-state index contributed by atoms with van der Waals surface area (Å²) in [6.45, 7) is 4.38. The Kier molecular flexibility index (Phi) is 2.12. The maximum absolute atomic E-state index is 4.17. The van der Waals surface area contributed by atoms with Gasteiger partial charge >= 0.3 is 0 Å². The van der Waals surface area contributed by atoms with Crippen LogP contribution in [0.25, 0.3) is 10.9 Å². The number of aromatic amines is 1. The van der Waals surface area contributed by atoms with E-state index in [4.69, 9.17) is 0 Å². The predicted molar refractivity (Wildman–Crippen MR) is 57.9 cm³/mol. The van der Waals surface area contributed by atoms with Crippen molar-refractivity contribution in [1.82, 2.24) is 9.97 Å². The second kappa shape index (κ2) is 3.14. The highest BCUT2D eigenvalue weighted by atomic mass is 79.9. The summed E-state index contributed by atoms with van der Waals surface area (Å²) in [5, 5.41) is 1.26. The first kappa shape index (κ1) is 8.75. The van der Waals surface area contributed by atoms with Crippen molar-refractivity contribution < 1.29 is 0 Å². The van der Waals surface area contributed by atoms with Gasteiger partial charge in [0.1, 0.15) is 4.60 Å². The molecule has 0 saturated carbocycles. The van der Waals surface area contributed by atoms with Gasteiger partial charge < -0.3 is 4.98 Å². The number of rotatable bonds is 1. The molecule has 0 radical (unpaired) electrons. The molecule has 0 spiro atoms. The second-order valence-corrected chi connectivity index (χ2v) is 4.26. The molecule has 2 rings (SSSR count). The molecule has 0 aliphatic carbocycles. The molecule has 0 fully saturated rings. The number of pyridine rings is 1. The lowest BCUT2D eigenvalue weighted by Gasteiger charge is -2.01. The molecule has 68 valence electrons. The molecular weight excluding hydrogens is 228 g/mol. The Labute approximate surface area is 85.5 Å². The molecule has 0 bridgehead atoms. The van der Waals surface area contributed by atoms with Gasteiger partial charge in [0.2, 0.25) is 0 Å². The maximum Gasteiger partial charge on any atom is 0.106 e. The maximum atomic E-state index is 4.17. The number of fused-ring (bicyclic) bond motifs is 1. The minimum atomic E-state index is 0.544. The lowest BCUT2D eigenvalue weighted by Crippen LogP contribution is -1.84. The lowest BCUT2D eigenvalue weighted by molar-refractivity contribution is 0.875. The van der Waals surface area contributed by atoms with Gasteiger partial charge in [-0.1, -0.05) is 13.8 Å². The van der Waals surface area contributed by atoms with Crippen molar-refractivity contribution in [3.63, 3.8) is 0 Å². The average molecular weight is 239 g/mol. The molecule has 2 heterocycles.